The maximum absolute atomic E-state index is 6.29. The van der Waals surface area contributed by atoms with E-state index in [0.29, 0.717) is 16.4 Å². The summed E-state index contributed by atoms with van der Waals surface area (Å²) >= 11 is 3.93. The minimum atomic E-state index is 0.263. The van der Waals surface area contributed by atoms with Gasteiger partial charge in [0, 0.05) is 21.0 Å². The largest absolute Gasteiger partial charge is 0.326 e. The smallest absolute Gasteiger partial charge is 0.0544 e. The SMILES string of the molecule is CCC(N)C(SC(C)C(C)C)c1ccc(C)s1. The summed E-state index contributed by atoms with van der Waals surface area (Å²) in [6.07, 6.45) is 1.04. The second-order valence-electron chi connectivity index (χ2n) is 5.03. The Labute approximate surface area is 114 Å². The molecule has 3 heteroatoms. The molecule has 1 rings (SSSR count). The third kappa shape index (κ3) is 4.31. The molecule has 0 aliphatic carbocycles. The maximum atomic E-state index is 6.29. The van der Waals surface area contributed by atoms with Crippen molar-refractivity contribution in [3.8, 4) is 0 Å². The van der Waals surface area contributed by atoms with Crippen molar-refractivity contribution in [1.29, 1.82) is 0 Å². The predicted octanol–water partition coefficient (Wildman–Crippen LogP) is 4.61. The van der Waals surface area contributed by atoms with E-state index in [4.69, 9.17) is 5.73 Å². The van der Waals surface area contributed by atoms with Gasteiger partial charge >= 0.3 is 0 Å². The van der Waals surface area contributed by atoms with Crippen LogP contribution in [0.1, 0.15) is 49.1 Å². The molecule has 17 heavy (non-hydrogen) atoms. The Bertz CT molecular complexity index is 333. The van der Waals surface area contributed by atoms with E-state index < -0.39 is 0 Å². The van der Waals surface area contributed by atoms with Crippen LogP contribution in [-0.2, 0) is 0 Å². The molecule has 1 aromatic heterocycles. The Balaban J connectivity index is 2.81. The molecule has 1 aromatic rings. The molecule has 98 valence electrons. The molecule has 1 nitrogen and oxygen atoms in total. The molecule has 0 saturated heterocycles. The second-order valence-corrected chi connectivity index (χ2v) is 7.87. The quantitative estimate of drug-likeness (QED) is 0.817. The van der Waals surface area contributed by atoms with Crippen LogP contribution >= 0.6 is 23.1 Å². The van der Waals surface area contributed by atoms with Gasteiger partial charge in [-0.25, -0.2) is 0 Å². The van der Waals surface area contributed by atoms with Gasteiger partial charge in [0.15, 0.2) is 0 Å². The van der Waals surface area contributed by atoms with E-state index in [2.05, 4.69) is 46.8 Å². The monoisotopic (exact) mass is 271 g/mol. The number of hydrogen-bond acceptors (Lipinski definition) is 3. The molecule has 0 amide bonds. The molecule has 0 spiro atoms. The zero-order valence-electron chi connectivity index (χ0n) is 11.6. The Hall–Kier alpha value is 0.01000. The second kappa shape index (κ2) is 6.81. The van der Waals surface area contributed by atoms with Crippen molar-refractivity contribution >= 4 is 23.1 Å². The van der Waals surface area contributed by atoms with Crippen LogP contribution in [0.5, 0.6) is 0 Å². The van der Waals surface area contributed by atoms with Crippen molar-refractivity contribution in [3.63, 3.8) is 0 Å². The van der Waals surface area contributed by atoms with Crippen LogP contribution in [-0.4, -0.2) is 11.3 Å². The Kier molecular flexibility index (Phi) is 6.04. The van der Waals surface area contributed by atoms with Crippen LogP contribution in [0, 0.1) is 12.8 Å². The van der Waals surface area contributed by atoms with Crippen LogP contribution in [0.25, 0.3) is 0 Å². The van der Waals surface area contributed by atoms with Crippen LogP contribution in [0.15, 0.2) is 12.1 Å². The van der Waals surface area contributed by atoms with Gasteiger partial charge in [0.1, 0.15) is 0 Å². The van der Waals surface area contributed by atoms with Crippen molar-refractivity contribution < 1.29 is 0 Å². The van der Waals surface area contributed by atoms with Gasteiger partial charge in [-0.1, -0.05) is 27.7 Å². The fraction of sp³-hybridized carbons (Fsp3) is 0.714. The predicted molar refractivity (Wildman–Crippen MR) is 82.0 cm³/mol. The molecule has 2 N–H and O–H groups in total. The summed E-state index contributed by atoms with van der Waals surface area (Å²) in [7, 11) is 0. The van der Waals surface area contributed by atoms with Crippen molar-refractivity contribution in [3.05, 3.63) is 21.9 Å². The van der Waals surface area contributed by atoms with Crippen molar-refractivity contribution in [1.82, 2.24) is 0 Å². The van der Waals surface area contributed by atoms with Gasteiger partial charge in [0.05, 0.1) is 5.25 Å². The standard InChI is InChI=1S/C14H25NS2/c1-6-12(15)14(17-11(5)9(2)3)13-8-7-10(4)16-13/h7-9,11-12,14H,6,15H2,1-5H3. The fourth-order valence-corrected chi connectivity index (χ4v) is 4.22. The molecule has 0 aliphatic heterocycles. The molecular weight excluding hydrogens is 246 g/mol. The Morgan fingerprint density at radius 1 is 1.29 bits per heavy atom. The molecule has 0 bridgehead atoms. The zero-order chi connectivity index (χ0) is 13.0. The van der Waals surface area contributed by atoms with Crippen LogP contribution in [0.2, 0.25) is 0 Å². The Morgan fingerprint density at radius 3 is 2.35 bits per heavy atom. The van der Waals surface area contributed by atoms with Gasteiger partial charge in [0.2, 0.25) is 0 Å². The fourth-order valence-electron chi connectivity index (χ4n) is 1.59. The van der Waals surface area contributed by atoms with E-state index >= 15 is 0 Å². The van der Waals surface area contributed by atoms with Crippen molar-refractivity contribution in [2.75, 3.05) is 0 Å². The minimum absolute atomic E-state index is 0.263. The van der Waals surface area contributed by atoms with Gasteiger partial charge in [-0.2, -0.15) is 0 Å². The molecule has 0 aliphatic rings. The summed E-state index contributed by atoms with van der Waals surface area (Å²) in [5, 5.41) is 1.11. The van der Waals surface area contributed by atoms with Crippen molar-refractivity contribution in [2.24, 2.45) is 11.7 Å². The van der Waals surface area contributed by atoms with E-state index in [0.717, 1.165) is 6.42 Å². The summed E-state index contributed by atoms with van der Waals surface area (Å²) in [5.41, 5.74) is 6.29. The average molecular weight is 271 g/mol. The minimum Gasteiger partial charge on any atom is -0.326 e. The molecule has 0 radical (unpaired) electrons. The lowest BCUT2D eigenvalue weighted by Gasteiger charge is -2.26. The molecule has 0 aromatic carbocycles. The van der Waals surface area contributed by atoms with E-state index in [9.17, 15) is 0 Å². The first kappa shape index (κ1) is 15.1. The molecule has 0 fully saturated rings. The summed E-state index contributed by atoms with van der Waals surface area (Å²) in [5.74, 6) is 0.701. The number of hydrogen-bond donors (Lipinski definition) is 1. The normalized spacial score (nSPS) is 17.1. The number of aryl methyl sites for hydroxylation is 1. The van der Waals surface area contributed by atoms with E-state index in [1.54, 1.807) is 0 Å². The molecule has 3 unspecified atom stereocenters. The third-order valence-corrected chi connectivity index (χ3v) is 6.31. The number of nitrogens with two attached hydrogens (primary N) is 1. The van der Waals surface area contributed by atoms with Gasteiger partial charge in [0.25, 0.3) is 0 Å². The van der Waals surface area contributed by atoms with E-state index in [-0.39, 0.29) is 6.04 Å². The van der Waals surface area contributed by atoms with Crippen LogP contribution in [0.3, 0.4) is 0 Å². The van der Waals surface area contributed by atoms with Crippen molar-refractivity contribution in [2.45, 2.75) is 57.6 Å². The zero-order valence-corrected chi connectivity index (χ0v) is 13.2. The van der Waals surface area contributed by atoms with E-state index in [1.165, 1.54) is 9.75 Å². The number of thiophene rings is 1. The highest BCUT2D eigenvalue weighted by atomic mass is 32.2. The topological polar surface area (TPSA) is 26.0 Å². The summed E-state index contributed by atoms with van der Waals surface area (Å²) < 4.78 is 0. The molecule has 3 atom stereocenters. The average Bonchev–Trinajstić information content (AvgIpc) is 2.70. The third-order valence-electron chi connectivity index (χ3n) is 3.20. The lowest BCUT2D eigenvalue weighted by molar-refractivity contribution is 0.613. The first-order chi connectivity index (χ1) is 7.95. The van der Waals surface area contributed by atoms with E-state index in [1.807, 2.05) is 23.1 Å². The summed E-state index contributed by atoms with van der Waals surface area (Å²) in [6, 6.07) is 4.72. The van der Waals surface area contributed by atoms with Gasteiger partial charge < -0.3 is 5.73 Å². The highest BCUT2D eigenvalue weighted by molar-refractivity contribution is 8.00. The first-order valence-corrected chi connectivity index (χ1v) is 8.19. The van der Waals surface area contributed by atoms with Crippen LogP contribution in [0.4, 0.5) is 0 Å². The summed E-state index contributed by atoms with van der Waals surface area (Å²) in [4.78, 5) is 2.82. The Morgan fingerprint density at radius 2 is 1.94 bits per heavy atom. The van der Waals surface area contributed by atoms with Gasteiger partial charge in [-0.05, 0) is 31.4 Å². The van der Waals surface area contributed by atoms with Crippen LogP contribution < -0.4 is 5.73 Å². The first-order valence-electron chi connectivity index (χ1n) is 6.43. The molecular formula is C14H25NS2. The van der Waals surface area contributed by atoms with Gasteiger partial charge in [-0.15, -0.1) is 23.1 Å². The number of thioether (sulfide) groups is 1. The molecule has 1 heterocycles. The highest BCUT2D eigenvalue weighted by Gasteiger charge is 2.24. The maximum Gasteiger partial charge on any atom is 0.0544 e. The summed E-state index contributed by atoms with van der Waals surface area (Å²) in [6.45, 7) is 11.2. The number of rotatable bonds is 6. The molecule has 0 saturated carbocycles. The lowest BCUT2D eigenvalue weighted by Crippen LogP contribution is -2.27. The van der Waals surface area contributed by atoms with Gasteiger partial charge in [-0.3, -0.25) is 0 Å². The lowest BCUT2D eigenvalue weighted by atomic mass is 10.1. The highest BCUT2D eigenvalue weighted by Crippen LogP contribution is 2.40.